The predicted octanol–water partition coefficient (Wildman–Crippen LogP) is 8.94. The summed E-state index contributed by atoms with van der Waals surface area (Å²) < 4.78 is 33.4. The lowest BCUT2D eigenvalue weighted by molar-refractivity contribution is -0.870. The minimum absolute atomic E-state index is 0.0345. The molecule has 0 aliphatic rings. The summed E-state index contributed by atoms with van der Waals surface area (Å²) >= 11 is 0. The second kappa shape index (κ2) is 31.0. The van der Waals surface area contributed by atoms with Gasteiger partial charge in [0.1, 0.15) is 19.8 Å². The van der Waals surface area contributed by atoms with E-state index in [0.717, 1.165) is 64.2 Å². The third-order valence-corrected chi connectivity index (χ3v) is 8.33. The van der Waals surface area contributed by atoms with Crippen molar-refractivity contribution in [3.63, 3.8) is 0 Å². The molecular weight excluding hydrogens is 629 g/mol. The number of carbonyl (C=O) groups excluding carboxylic acids is 2. The van der Waals surface area contributed by atoms with E-state index >= 15 is 0 Å². The Labute approximate surface area is 293 Å². The van der Waals surface area contributed by atoms with Crippen LogP contribution >= 0.6 is 7.82 Å². The molecular formula is C38H68NO8P. The number of quaternary nitrogens is 1. The number of phosphoric acid groups is 1. The van der Waals surface area contributed by atoms with Gasteiger partial charge in [-0.25, -0.2) is 0 Å². The van der Waals surface area contributed by atoms with Crippen molar-refractivity contribution in [2.75, 3.05) is 47.5 Å². The van der Waals surface area contributed by atoms with Crippen molar-refractivity contribution in [1.29, 1.82) is 0 Å². The molecule has 0 rings (SSSR count). The standard InChI is InChI=1S/C38H68NO8P/c1-6-8-10-11-12-13-14-15-16-17-18-19-20-21-22-23-24-25-26-27-29-31-38(41)47-36(34-44-37(40)30-28-9-7-2)35-46-48(42,43)45-33-32-39(3,4)5/h8,10,12-13,15-16,18-19,36H,6-7,9,11,14,17,20-35H2,1-5H3/b10-8-,13-12-,16-15-,19-18-. The van der Waals surface area contributed by atoms with Gasteiger partial charge in [0.15, 0.2) is 6.10 Å². The molecule has 0 fully saturated rings. The minimum Gasteiger partial charge on any atom is -0.756 e. The molecule has 0 N–H and O–H groups in total. The first-order valence-corrected chi connectivity index (χ1v) is 19.8. The van der Waals surface area contributed by atoms with E-state index in [0.29, 0.717) is 23.9 Å². The van der Waals surface area contributed by atoms with Gasteiger partial charge in [-0.15, -0.1) is 0 Å². The normalized spacial score (nSPS) is 14.4. The maximum absolute atomic E-state index is 12.5. The van der Waals surface area contributed by atoms with Crippen LogP contribution in [0.1, 0.15) is 129 Å². The van der Waals surface area contributed by atoms with Gasteiger partial charge in [0.2, 0.25) is 0 Å². The van der Waals surface area contributed by atoms with Gasteiger partial charge in [-0.05, 0) is 51.4 Å². The second-order valence-electron chi connectivity index (χ2n) is 13.2. The van der Waals surface area contributed by atoms with E-state index in [1.165, 1.54) is 25.7 Å². The van der Waals surface area contributed by atoms with E-state index in [1.807, 2.05) is 28.1 Å². The number of likely N-dealkylation sites (N-methyl/N-ethyl adjacent to an activating group) is 1. The van der Waals surface area contributed by atoms with E-state index in [9.17, 15) is 19.0 Å². The smallest absolute Gasteiger partial charge is 0.306 e. The number of ether oxygens (including phenoxy) is 2. The summed E-state index contributed by atoms with van der Waals surface area (Å²) in [5.74, 6) is -0.878. The summed E-state index contributed by atoms with van der Waals surface area (Å²) in [4.78, 5) is 36.8. The highest BCUT2D eigenvalue weighted by molar-refractivity contribution is 7.45. The van der Waals surface area contributed by atoms with Gasteiger partial charge in [-0.3, -0.25) is 14.2 Å². The first-order chi connectivity index (χ1) is 23.0. The van der Waals surface area contributed by atoms with Crippen molar-refractivity contribution >= 4 is 19.8 Å². The molecule has 0 radical (unpaired) electrons. The van der Waals surface area contributed by atoms with Crippen molar-refractivity contribution in [2.45, 2.75) is 136 Å². The van der Waals surface area contributed by atoms with Crippen molar-refractivity contribution in [3.8, 4) is 0 Å². The Morgan fingerprint density at radius 1 is 0.667 bits per heavy atom. The first kappa shape index (κ1) is 46.0. The van der Waals surface area contributed by atoms with Crippen LogP contribution < -0.4 is 4.89 Å². The van der Waals surface area contributed by atoms with Crippen LogP contribution in [0, 0.1) is 0 Å². The van der Waals surface area contributed by atoms with E-state index in [1.54, 1.807) is 0 Å². The van der Waals surface area contributed by atoms with Gasteiger partial charge >= 0.3 is 11.9 Å². The molecule has 0 aliphatic heterocycles. The Balaban J connectivity index is 4.17. The van der Waals surface area contributed by atoms with Crippen LogP contribution in [0.2, 0.25) is 0 Å². The number of nitrogens with zero attached hydrogens (tertiary/aromatic N) is 1. The number of esters is 2. The Bertz CT molecular complexity index is 970. The fraction of sp³-hybridized carbons (Fsp3) is 0.737. The SMILES string of the molecule is CC/C=C\C/C=C\C/C=C\C/C=C\CCCCCCCCCCC(=O)OC(COC(=O)CCCCC)COP(=O)([O-])OCC[N+](C)(C)C. The molecule has 0 aliphatic carbocycles. The van der Waals surface area contributed by atoms with Gasteiger partial charge in [0.05, 0.1) is 27.7 Å². The number of unbranched alkanes of at least 4 members (excludes halogenated alkanes) is 10. The van der Waals surface area contributed by atoms with E-state index in [2.05, 4.69) is 55.5 Å². The molecule has 0 aromatic heterocycles. The Morgan fingerprint density at radius 2 is 1.19 bits per heavy atom. The van der Waals surface area contributed by atoms with Crippen LogP contribution in [0.15, 0.2) is 48.6 Å². The highest BCUT2D eigenvalue weighted by Crippen LogP contribution is 2.38. The third-order valence-electron chi connectivity index (χ3n) is 7.36. The van der Waals surface area contributed by atoms with Gasteiger partial charge in [0, 0.05) is 12.8 Å². The lowest BCUT2D eigenvalue weighted by Crippen LogP contribution is -2.37. The summed E-state index contributed by atoms with van der Waals surface area (Å²) in [6, 6.07) is 0. The van der Waals surface area contributed by atoms with Crippen molar-refractivity contribution in [3.05, 3.63) is 48.6 Å². The average Bonchev–Trinajstić information content (AvgIpc) is 3.02. The zero-order valence-electron chi connectivity index (χ0n) is 30.9. The van der Waals surface area contributed by atoms with E-state index in [4.69, 9.17) is 18.5 Å². The van der Waals surface area contributed by atoms with Gasteiger partial charge in [-0.1, -0.05) is 114 Å². The van der Waals surface area contributed by atoms with Crippen molar-refractivity contribution in [2.24, 2.45) is 0 Å². The van der Waals surface area contributed by atoms with Crippen LogP contribution in [-0.4, -0.2) is 70.0 Å². The van der Waals surface area contributed by atoms with Crippen LogP contribution in [0.5, 0.6) is 0 Å². The van der Waals surface area contributed by atoms with Crippen LogP contribution in [0.3, 0.4) is 0 Å². The molecule has 0 saturated heterocycles. The summed E-state index contributed by atoms with van der Waals surface area (Å²) in [5, 5.41) is 0. The van der Waals surface area contributed by atoms with Crippen LogP contribution in [0.25, 0.3) is 0 Å². The van der Waals surface area contributed by atoms with E-state index in [-0.39, 0.29) is 26.1 Å². The molecule has 0 saturated carbocycles. The molecule has 48 heavy (non-hydrogen) atoms. The minimum atomic E-state index is -4.60. The van der Waals surface area contributed by atoms with Crippen molar-refractivity contribution in [1.82, 2.24) is 0 Å². The number of phosphoric ester groups is 1. The molecule has 0 aromatic rings. The second-order valence-corrected chi connectivity index (χ2v) is 14.6. The monoisotopic (exact) mass is 697 g/mol. The maximum Gasteiger partial charge on any atom is 0.306 e. The number of carbonyl (C=O) groups is 2. The molecule has 0 aromatic carbocycles. The summed E-state index contributed by atoms with van der Waals surface area (Å²) in [6.07, 6.45) is 33.7. The lowest BCUT2D eigenvalue weighted by Gasteiger charge is -2.28. The largest absolute Gasteiger partial charge is 0.756 e. The highest BCUT2D eigenvalue weighted by Gasteiger charge is 2.21. The number of hydrogen-bond donors (Lipinski definition) is 0. The zero-order chi connectivity index (χ0) is 35.8. The topological polar surface area (TPSA) is 111 Å². The summed E-state index contributed by atoms with van der Waals surface area (Å²) in [6.45, 7) is 3.89. The molecule has 278 valence electrons. The fourth-order valence-electron chi connectivity index (χ4n) is 4.47. The molecule has 0 amide bonds. The Kier molecular flexibility index (Phi) is 29.7. The maximum atomic E-state index is 12.5. The van der Waals surface area contributed by atoms with E-state index < -0.39 is 32.5 Å². The summed E-state index contributed by atoms with van der Waals surface area (Å²) in [7, 11) is 1.15. The van der Waals surface area contributed by atoms with Gasteiger partial charge in [-0.2, -0.15) is 0 Å². The number of allylic oxidation sites excluding steroid dienone is 8. The Morgan fingerprint density at radius 3 is 1.77 bits per heavy atom. The molecule has 2 unspecified atom stereocenters. The molecule has 9 nitrogen and oxygen atoms in total. The number of rotatable bonds is 32. The van der Waals surface area contributed by atoms with Gasteiger partial charge in [0.25, 0.3) is 7.82 Å². The number of hydrogen-bond acceptors (Lipinski definition) is 8. The molecule has 0 spiro atoms. The molecule has 0 bridgehead atoms. The first-order valence-electron chi connectivity index (χ1n) is 18.3. The fourth-order valence-corrected chi connectivity index (χ4v) is 5.19. The summed E-state index contributed by atoms with van der Waals surface area (Å²) in [5.41, 5.74) is 0. The van der Waals surface area contributed by atoms with Gasteiger partial charge < -0.3 is 27.9 Å². The quantitative estimate of drug-likeness (QED) is 0.0225. The lowest BCUT2D eigenvalue weighted by atomic mass is 10.1. The highest BCUT2D eigenvalue weighted by atomic mass is 31.2. The van der Waals surface area contributed by atoms with Crippen LogP contribution in [0.4, 0.5) is 0 Å². The van der Waals surface area contributed by atoms with Crippen LogP contribution in [-0.2, 0) is 32.7 Å². The zero-order valence-corrected chi connectivity index (χ0v) is 31.8. The Hall–Kier alpha value is -2.03. The van der Waals surface area contributed by atoms with Crippen molar-refractivity contribution < 1.29 is 42.1 Å². The third kappa shape index (κ3) is 33.9. The molecule has 0 heterocycles. The molecule has 10 heteroatoms. The predicted molar refractivity (Wildman–Crippen MR) is 194 cm³/mol. The average molecular weight is 698 g/mol. The molecule has 2 atom stereocenters.